The van der Waals surface area contributed by atoms with E-state index in [1.54, 1.807) is 12.1 Å². The molecule has 118 valence electrons. The zero-order valence-corrected chi connectivity index (χ0v) is 14.4. The first-order chi connectivity index (χ1) is 9.99. The number of aryl methyl sites for hydroxylation is 1. The second-order valence-corrected chi connectivity index (χ2v) is 9.11. The summed E-state index contributed by atoms with van der Waals surface area (Å²) < 4.78 is 26.9. The number of sulfonamides is 1. The monoisotopic (exact) mass is 348 g/mol. The van der Waals surface area contributed by atoms with E-state index >= 15 is 0 Å². The van der Waals surface area contributed by atoms with Crippen molar-refractivity contribution in [3.05, 3.63) is 17.0 Å². The molecule has 1 aromatic heterocycles. The number of rotatable bonds is 5. The molecule has 6 nitrogen and oxygen atoms in total. The predicted molar refractivity (Wildman–Crippen MR) is 89.6 cm³/mol. The van der Waals surface area contributed by atoms with Crippen molar-refractivity contribution in [2.45, 2.75) is 11.1 Å². The molecule has 0 spiro atoms. The summed E-state index contributed by atoms with van der Waals surface area (Å²) in [6.07, 6.45) is 0. The quantitative estimate of drug-likeness (QED) is 0.465. The minimum Gasteiger partial charge on any atom is -0.370 e. The highest BCUT2D eigenvalue weighted by Crippen LogP contribution is 2.19. The summed E-state index contributed by atoms with van der Waals surface area (Å²) in [4.78, 5) is 7.25. The summed E-state index contributed by atoms with van der Waals surface area (Å²) in [7, 11) is -3.42. The van der Waals surface area contributed by atoms with Crippen LogP contribution in [0.5, 0.6) is 0 Å². The normalized spacial score (nSPS) is 17.2. The first-order valence-electron chi connectivity index (χ1n) is 6.68. The van der Waals surface area contributed by atoms with Gasteiger partial charge in [0.05, 0.1) is 6.54 Å². The van der Waals surface area contributed by atoms with Crippen molar-refractivity contribution in [2.75, 3.05) is 37.7 Å². The molecule has 2 rings (SSSR count). The Balaban J connectivity index is 1.81. The van der Waals surface area contributed by atoms with Gasteiger partial charge >= 0.3 is 0 Å². The van der Waals surface area contributed by atoms with E-state index in [2.05, 4.69) is 9.71 Å². The highest BCUT2D eigenvalue weighted by Gasteiger charge is 2.15. The Bertz CT molecular complexity index is 591. The first kappa shape index (κ1) is 16.6. The van der Waals surface area contributed by atoms with Gasteiger partial charge in [-0.25, -0.2) is 13.1 Å². The fourth-order valence-corrected chi connectivity index (χ4v) is 5.12. The van der Waals surface area contributed by atoms with Crippen LogP contribution in [0.3, 0.4) is 0 Å². The lowest BCUT2D eigenvalue weighted by Crippen LogP contribution is -2.43. The van der Waals surface area contributed by atoms with E-state index in [4.69, 9.17) is 5.73 Å². The van der Waals surface area contributed by atoms with Gasteiger partial charge in [-0.2, -0.15) is 11.8 Å². The Morgan fingerprint density at radius 3 is 2.76 bits per heavy atom. The molecular formula is C12H20N4O2S3. The molecular weight excluding hydrogens is 328 g/mol. The van der Waals surface area contributed by atoms with Crippen molar-refractivity contribution in [1.82, 2.24) is 9.62 Å². The third kappa shape index (κ3) is 4.87. The lowest BCUT2D eigenvalue weighted by molar-refractivity contribution is 0.456. The summed E-state index contributed by atoms with van der Waals surface area (Å²) in [6.45, 7) is 4.29. The Morgan fingerprint density at radius 2 is 2.14 bits per heavy atom. The minimum absolute atomic E-state index is 0.253. The molecule has 2 heterocycles. The lowest BCUT2D eigenvalue weighted by Gasteiger charge is -2.27. The van der Waals surface area contributed by atoms with E-state index in [0.717, 1.165) is 29.5 Å². The van der Waals surface area contributed by atoms with E-state index in [1.165, 1.54) is 11.3 Å². The van der Waals surface area contributed by atoms with Gasteiger partial charge in [-0.3, -0.25) is 4.99 Å². The summed E-state index contributed by atoms with van der Waals surface area (Å²) >= 11 is 3.16. The first-order valence-corrected chi connectivity index (χ1v) is 10.1. The fourth-order valence-electron chi connectivity index (χ4n) is 1.87. The molecule has 0 radical (unpaired) electrons. The molecule has 1 saturated heterocycles. The number of nitrogens with two attached hydrogens (primary N) is 1. The molecule has 0 aliphatic carbocycles. The Labute approximate surface area is 133 Å². The average Bonchev–Trinajstić information content (AvgIpc) is 2.92. The van der Waals surface area contributed by atoms with Gasteiger partial charge in [-0.15, -0.1) is 11.3 Å². The third-order valence-corrected chi connectivity index (χ3v) is 6.89. The van der Waals surface area contributed by atoms with Crippen LogP contribution in [0.1, 0.15) is 4.88 Å². The SMILES string of the molecule is Cc1ccc(S(=O)(=O)NCCN=C(N)N2CCSCC2)s1. The zero-order valence-electron chi connectivity index (χ0n) is 11.9. The van der Waals surface area contributed by atoms with Crippen LogP contribution in [0.4, 0.5) is 0 Å². The van der Waals surface area contributed by atoms with Gasteiger partial charge in [0.2, 0.25) is 10.0 Å². The molecule has 3 N–H and O–H groups in total. The number of thioether (sulfide) groups is 1. The maximum Gasteiger partial charge on any atom is 0.250 e. The van der Waals surface area contributed by atoms with Crippen molar-refractivity contribution < 1.29 is 8.42 Å². The molecule has 1 aromatic rings. The standard InChI is InChI=1S/C12H20N4O2S3/c1-10-2-3-11(20-10)21(17,18)15-5-4-14-12(13)16-6-8-19-9-7-16/h2-3,15H,4-9H2,1H3,(H2,13,14). The van der Waals surface area contributed by atoms with Gasteiger partial charge in [0, 0.05) is 36.0 Å². The van der Waals surface area contributed by atoms with Gasteiger partial charge in [0.25, 0.3) is 0 Å². The molecule has 1 fully saturated rings. The minimum atomic E-state index is -3.42. The smallest absolute Gasteiger partial charge is 0.250 e. The number of thiophene rings is 1. The molecule has 0 aromatic carbocycles. The van der Waals surface area contributed by atoms with Gasteiger partial charge in [-0.05, 0) is 19.1 Å². The predicted octanol–water partition coefficient (Wildman–Crippen LogP) is 0.698. The Hall–Kier alpha value is -0.770. The largest absolute Gasteiger partial charge is 0.370 e. The number of guanidine groups is 1. The summed E-state index contributed by atoms with van der Waals surface area (Å²) in [5.41, 5.74) is 5.90. The number of hydrogen-bond acceptors (Lipinski definition) is 5. The van der Waals surface area contributed by atoms with Gasteiger partial charge in [0.1, 0.15) is 4.21 Å². The molecule has 0 bridgehead atoms. The summed E-state index contributed by atoms with van der Waals surface area (Å²) in [5.74, 6) is 2.61. The third-order valence-electron chi connectivity index (χ3n) is 2.99. The zero-order chi connectivity index (χ0) is 15.3. The summed E-state index contributed by atoms with van der Waals surface area (Å²) in [6, 6.07) is 3.41. The van der Waals surface area contributed by atoms with Crippen molar-refractivity contribution in [1.29, 1.82) is 0 Å². The van der Waals surface area contributed by atoms with Gasteiger partial charge in [-0.1, -0.05) is 0 Å². The van der Waals surface area contributed by atoms with Crippen molar-refractivity contribution in [3.8, 4) is 0 Å². The topological polar surface area (TPSA) is 87.8 Å². The molecule has 21 heavy (non-hydrogen) atoms. The van der Waals surface area contributed by atoms with Crippen LogP contribution in [0, 0.1) is 6.92 Å². The Morgan fingerprint density at radius 1 is 1.43 bits per heavy atom. The van der Waals surface area contributed by atoms with E-state index < -0.39 is 10.0 Å². The second kappa shape index (κ2) is 7.48. The van der Waals surface area contributed by atoms with Crippen LogP contribution in [-0.2, 0) is 10.0 Å². The highest BCUT2D eigenvalue weighted by atomic mass is 32.2. The number of nitrogens with one attached hydrogen (secondary N) is 1. The molecule has 1 aliphatic heterocycles. The average molecular weight is 349 g/mol. The van der Waals surface area contributed by atoms with Crippen LogP contribution in [-0.4, -0.2) is 57.0 Å². The molecule has 0 amide bonds. The molecule has 0 saturated carbocycles. The number of nitrogens with zero attached hydrogens (tertiary/aromatic N) is 2. The Kier molecular flexibility index (Phi) is 5.91. The van der Waals surface area contributed by atoms with Crippen LogP contribution < -0.4 is 10.5 Å². The van der Waals surface area contributed by atoms with Crippen molar-refractivity contribution in [2.24, 2.45) is 10.7 Å². The van der Waals surface area contributed by atoms with E-state index in [-0.39, 0.29) is 6.54 Å². The lowest BCUT2D eigenvalue weighted by atomic mass is 10.5. The van der Waals surface area contributed by atoms with Gasteiger partial charge < -0.3 is 10.6 Å². The molecule has 9 heteroatoms. The van der Waals surface area contributed by atoms with E-state index in [0.29, 0.717) is 16.7 Å². The van der Waals surface area contributed by atoms with E-state index in [9.17, 15) is 8.42 Å². The number of aliphatic imine (C=N–C) groups is 1. The summed E-state index contributed by atoms with van der Waals surface area (Å²) in [5, 5.41) is 0. The van der Waals surface area contributed by atoms with Crippen LogP contribution in [0.15, 0.2) is 21.3 Å². The van der Waals surface area contributed by atoms with Crippen LogP contribution in [0.2, 0.25) is 0 Å². The van der Waals surface area contributed by atoms with Crippen molar-refractivity contribution >= 4 is 39.1 Å². The highest BCUT2D eigenvalue weighted by molar-refractivity contribution is 7.99. The fraction of sp³-hybridized carbons (Fsp3) is 0.583. The maximum absolute atomic E-state index is 12.0. The van der Waals surface area contributed by atoms with Crippen molar-refractivity contribution in [3.63, 3.8) is 0 Å². The van der Waals surface area contributed by atoms with E-state index in [1.807, 2.05) is 23.6 Å². The molecule has 0 atom stereocenters. The second-order valence-electron chi connectivity index (χ2n) is 4.60. The molecule has 1 aliphatic rings. The van der Waals surface area contributed by atoms with Crippen LogP contribution in [0.25, 0.3) is 0 Å². The maximum atomic E-state index is 12.0. The van der Waals surface area contributed by atoms with Crippen LogP contribution >= 0.6 is 23.1 Å². The van der Waals surface area contributed by atoms with Gasteiger partial charge in [0.15, 0.2) is 5.96 Å². The molecule has 0 unspecified atom stereocenters. The number of hydrogen-bond donors (Lipinski definition) is 2.